The van der Waals surface area contributed by atoms with Gasteiger partial charge in [0, 0.05) is 18.2 Å². The molecule has 2 rings (SSSR count). The van der Waals surface area contributed by atoms with Crippen LogP contribution in [0.4, 0.5) is 0 Å². The number of carbonyl (C=O) groups is 1. The van der Waals surface area contributed by atoms with Gasteiger partial charge in [0.2, 0.25) is 0 Å². The Balaban J connectivity index is 1.83. The van der Waals surface area contributed by atoms with Crippen molar-refractivity contribution in [3.8, 4) is 5.75 Å². The fourth-order valence-corrected chi connectivity index (χ4v) is 2.15. The minimum absolute atomic E-state index is 0.229. The Labute approximate surface area is 118 Å². The van der Waals surface area contributed by atoms with E-state index >= 15 is 0 Å². The van der Waals surface area contributed by atoms with E-state index in [-0.39, 0.29) is 10.9 Å². The Morgan fingerprint density at radius 1 is 1.42 bits per heavy atom. The second kappa shape index (κ2) is 6.52. The summed E-state index contributed by atoms with van der Waals surface area (Å²) in [5.41, 5.74) is 0.935. The van der Waals surface area contributed by atoms with Crippen molar-refractivity contribution >= 4 is 23.1 Å². The molecule has 1 saturated carbocycles. The van der Waals surface area contributed by atoms with E-state index in [9.17, 15) is 4.79 Å². The van der Waals surface area contributed by atoms with Crippen LogP contribution in [0.2, 0.25) is 0 Å². The number of thiocarbonyl (C=S) groups is 1. The summed E-state index contributed by atoms with van der Waals surface area (Å²) in [6, 6.07) is 7.97. The van der Waals surface area contributed by atoms with Crippen LogP contribution in [0.25, 0.3) is 0 Å². The molecule has 0 aromatic heterocycles. The van der Waals surface area contributed by atoms with Gasteiger partial charge in [-0.1, -0.05) is 30.4 Å². The van der Waals surface area contributed by atoms with E-state index in [4.69, 9.17) is 17.0 Å². The first-order valence-electron chi connectivity index (χ1n) is 6.41. The van der Waals surface area contributed by atoms with Crippen LogP contribution in [0.5, 0.6) is 5.75 Å². The second-order valence-electron chi connectivity index (χ2n) is 4.60. The number of ether oxygens (including phenoxy) is 1. The minimum atomic E-state index is -0.229. The molecule has 0 heterocycles. The van der Waals surface area contributed by atoms with Crippen molar-refractivity contribution in [2.75, 3.05) is 7.11 Å². The molecule has 1 aliphatic rings. The Morgan fingerprint density at radius 3 is 2.79 bits per heavy atom. The van der Waals surface area contributed by atoms with E-state index in [0.717, 1.165) is 24.2 Å². The van der Waals surface area contributed by atoms with Crippen molar-refractivity contribution in [2.45, 2.75) is 31.8 Å². The largest absolute Gasteiger partial charge is 0.496 e. The number of nitrogens with one attached hydrogen (secondary N) is 2. The van der Waals surface area contributed by atoms with Gasteiger partial charge in [0.05, 0.1) is 7.11 Å². The first kappa shape index (κ1) is 13.8. The predicted molar refractivity (Wildman–Crippen MR) is 78.2 cm³/mol. The molecule has 1 aliphatic carbocycles. The van der Waals surface area contributed by atoms with Gasteiger partial charge in [-0.2, -0.15) is 0 Å². The molecule has 4 nitrogen and oxygen atoms in total. The lowest BCUT2D eigenvalue weighted by molar-refractivity contribution is -0.115. The van der Waals surface area contributed by atoms with Crippen molar-refractivity contribution in [2.24, 2.45) is 0 Å². The minimum Gasteiger partial charge on any atom is -0.496 e. The maximum Gasteiger partial charge on any atom is 0.278 e. The van der Waals surface area contributed by atoms with Crippen LogP contribution in [0.15, 0.2) is 24.3 Å². The molecular formula is C14H18N2O2S. The lowest BCUT2D eigenvalue weighted by Crippen LogP contribution is -2.45. The summed E-state index contributed by atoms with van der Waals surface area (Å²) < 4.78 is 5.23. The number of para-hydroxylation sites is 1. The van der Waals surface area contributed by atoms with Crippen LogP contribution in [-0.4, -0.2) is 24.0 Å². The average molecular weight is 278 g/mol. The monoisotopic (exact) mass is 278 g/mol. The average Bonchev–Trinajstić information content (AvgIpc) is 2.40. The van der Waals surface area contributed by atoms with Gasteiger partial charge < -0.3 is 15.4 Å². The first-order valence-corrected chi connectivity index (χ1v) is 6.82. The van der Waals surface area contributed by atoms with Crippen LogP contribution < -0.4 is 15.4 Å². The zero-order valence-electron chi connectivity index (χ0n) is 10.9. The van der Waals surface area contributed by atoms with Gasteiger partial charge in [-0.05, 0) is 25.3 Å². The molecule has 102 valence electrons. The van der Waals surface area contributed by atoms with Crippen molar-refractivity contribution in [3.63, 3.8) is 0 Å². The van der Waals surface area contributed by atoms with Crippen LogP contribution in [0.3, 0.4) is 0 Å². The molecule has 0 aliphatic heterocycles. The fraction of sp³-hybridized carbons (Fsp3) is 0.429. The van der Waals surface area contributed by atoms with Crippen LogP contribution in [-0.2, 0) is 11.3 Å². The van der Waals surface area contributed by atoms with E-state index in [0.29, 0.717) is 12.6 Å². The van der Waals surface area contributed by atoms with Gasteiger partial charge in [-0.25, -0.2) is 0 Å². The molecule has 2 N–H and O–H groups in total. The van der Waals surface area contributed by atoms with E-state index in [1.54, 1.807) is 7.11 Å². The summed E-state index contributed by atoms with van der Waals surface area (Å²) in [6.45, 7) is 0.412. The number of methoxy groups -OCH3 is 1. The molecule has 1 aromatic rings. The molecular weight excluding hydrogens is 260 g/mol. The highest BCUT2D eigenvalue weighted by Crippen LogP contribution is 2.18. The topological polar surface area (TPSA) is 50.4 Å². The van der Waals surface area contributed by atoms with Crippen molar-refractivity contribution in [1.29, 1.82) is 0 Å². The third-order valence-corrected chi connectivity index (χ3v) is 3.58. The molecule has 0 saturated heterocycles. The number of amides is 1. The highest BCUT2D eigenvalue weighted by molar-refractivity contribution is 7.82. The number of carbonyl (C=O) groups excluding carboxylic acids is 1. The zero-order valence-corrected chi connectivity index (χ0v) is 11.8. The molecule has 0 bridgehead atoms. The number of hydrogen-bond acceptors (Lipinski definition) is 3. The standard InChI is InChI=1S/C14H18N2O2S/c1-18-12-8-3-2-5-10(12)9-15-13(17)14(19)16-11-6-4-7-11/h2-3,5,8,11H,4,6-7,9H2,1H3,(H,15,17)(H,16,19). The Morgan fingerprint density at radius 2 is 2.16 bits per heavy atom. The molecule has 5 heteroatoms. The molecule has 0 unspecified atom stereocenters. The second-order valence-corrected chi connectivity index (χ2v) is 5.00. The fourth-order valence-electron chi connectivity index (χ4n) is 1.91. The number of benzene rings is 1. The molecule has 0 radical (unpaired) electrons. The van der Waals surface area contributed by atoms with Crippen LogP contribution in [0, 0.1) is 0 Å². The van der Waals surface area contributed by atoms with Crippen molar-refractivity contribution in [1.82, 2.24) is 10.6 Å². The maximum atomic E-state index is 11.8. The summed E-state index contributed by atoms with van der Waals surface area (Å²) >= 11 is 5.08. The normalized spacial score (nSPS) is 14.4. The van der Waals surface area contributed by atoms with Crippen molar-refractivity contribution in [3.05, 3.63) is 29.8 Å². The van der Waals surface area contributed by atoms with Crippen LogP contribution in [0.1, 0.15) is 24.8 Å². The van der Waals surface area contributed by atoms with Gasteiger partial charge >= 0.3 is 0 Å². The Kier molecular flexibility index (Phi) is 4.74. The van der Waals surface area contributed by atoms with Gasteiger partial charge in [0.1, 0.15) is 5.75 Å². The third-order valence-electron chi connectivity index (χ3n) is 3.28. The predicted octanol–water partition coefficient (Wildman–Crippen LogP) is 1.78. The van der Waals surface area contributed by atoms with Crippen molar-refractivity contribution < 1.29 is 9.53 Å². The van der Waals surface area contributed by atoms with Crippen LogP contribution >= 0.6 is 12.2 Å². The first-order chi connectivity index (χ1) is 9.20. The zero-order chi connectivity index (χ0) is 13.7. The SMILES string of the molecule is COc1ccccc1CNC(=O)C(=S)NC1CCC1. The Bertz CT molecular complexity index is 472. The quantitative estimate of drug-likeness (QED) is 0.824. The smallest absolute Gasteiger partial charge is 0.278 e. The molecule has 1 aromatic carbocycles. The van der Waals surface area contributed by atoms with E-state index < -0.39 is 0 Å². The number of hydrogen-bond donors (Lipinski definition) is 2. The summed E-state index contributed by atoms with van der Waals surface area (Å²) in [4.78, 5) is 12.1. The van der Waals surface area contributed by atoms with E-state index in [1.807, 2.05) is 24.3 Å². The summed E-state index contributed by atoms with van der Waals surface area (Å²) in [6.07, 6.45) is 3.41. The lowest BCUT2D eigenvalue weighted by atomic mass is 9.93. The van der Waals surface area contributed by atoms with E-state index in [1.165, 1.54) is 6.42 Å². The summed E-state index contributed by atoms with van der Waals surface area (Å²) in [5, 5.41) is 5.87. The molecule has 1 fully saturated rings. The third kappa shape index (κ3) is 3.67. The summed E-state index contributed by atoms with van der Waals surface area (Å²) in [5.74, 6) is 0.536. The van der Waals surface area contributed by atoms with Gasteiger partial charge in [-0.3, -0.25) is 4.79 Å². The maximum absolute atomic E-state index is 11.8. The highest BCUT2D eigenvalue weighted by atomic mass is 32.1. The van der Waals surface area contributed by atoms with Gasteiger partial charge in [0.15, 0.2) is 4.99 Å². The van der Waals surface area contributed by atoms with Gasteiger partial charge in [-0.15, -0.1) is 0 Å². The molecule has 0 atom stereocenters. The lowest BCUT2D eigenvalue weighted by Gasteiger charge is -2.27. The Hall–Kier alpha value is -1.62. The molecule has 1 amide bonds. The number of rotatable bonds is 4. The molecule has 19 heavy (non-hydrogen) atoms. The van der Waals surface area contributed by atoms with Gasteiger partial charge in [0.25, 0.3) is 5.91 Å². The van der Waals surface area contributed by atoms with E-state index in [2.05, 4.69) is 10.6 Å². The summed E-state index contributed by atoms with van der Waals surface area (Å²) in [7, 11) is 1.61. The highest BCUT2D eigenvalue weighted by Gasteiger charge is 2.20. The molecule has 0 spiro atoms.